The van der Waals surface area contributed by atoms with Crippen LogP contribution in [0.2, 0.25) is 0 Å². The second kappa shape index (κ2) is 5.14. The van der Waals surface area contributed by atoms with E-state index < -0.39 is 0 Å². The van der Waals surface area contributed by atoms with Crippen LogP contribution in [0.1, 0.15) is 48.1 Å². The molecular formula is C17H20N2. The fraction of sp³-hybridized carbons (Fsp3) is 0.353. The number of pyridine rings is 1. The molecule has 1 N–H and O–H groups in total. The zero-order chi connectivity index (χ0) is 13.2. The van der Waals surface area contributed by atoms with Crippen LogP contribution in [0, 0.1) is 0 Å². The SMILES string of the molecule is CC(C)c1ccc2c(c1)C(c1cccnc1)NCC2. The van der Waals surface area contributed by atoms with Gasteiger partial charge in [0.15, 0.2) is 0 Å². The van der Waals surface area contributed by atoms with Crippen molar-refractivity contribution >= 4 is 0 Å². The number of rotatable bonds is 2. The maximum absolute atomic E-state index is 4.25. The molecule has 2 nitrogen and oxygen atoms in total. The molecule has 1 aromatic carbocycles. The minimum Gasteiger partial charge on any atom is -0.306 e. The predicted octanol–water partition coefficient (Wildman–Crippen LogP) is 3.44. The van der Waals surface area contributed by atoms with Gasteiger partial charge in [-0.3, -0.25) is 4.98 Å². The first-order chi connectivity index (χ1) is 9.25. The highest BCUT2D eigenvalue weighted by Gasteiger charge is 2.21. The summed E-state index contributed by atoms with van der Waals surface area (Å²) in [5, 5.41) is 3.62. The Morgan fingerprint density at radius 3 is 2.89 bits per heavy atom. The highest BCUT2D eigenvalue weighted by atomic mass is 14.9. The molecule has 2 heterocycles. The summed E-state index contributed by atoms with van der Waals surface area (Å²) in [5.41, 5.74) is 5.56. The third-order valence-electron chi connectivity index (χ3n) is 3.91. The van der Waals surface area contributed by atoms with E-state index in [0.717, 1.165) is 13.0 Å². The lowest BCUT2D eigenvalue weighted by molar-refractivity contribution is 0.565. The van der Waals surface area contributed by atoms with E-state index in [-0.39, 0.29) is 6.04 Å². The van der Waals surface area contributed by atoms with Gasteiger partial charge < -0.3 is 5.32 Å². The van der Waals surface area contributed by atoms with E-state index in [1.54, 1.807) is 0 Å². The number of nitrogens with zero attached hydrogens (tertiary/aromatic N) is 1. The molecule has 0 amide bonds. The van der Waals surface area contributed by atoms with Gasteiger partial charge in [0.1, 0.15) is 0 Å². The second-order valence-corrected chi connectivity index (χ2v) is 5.54. The van der Waals surface area contributed by atoms with Crippen molar-refractivity contribution in [2.75, 3.05) is 6.54 Å². The van der Waals surface area contributed by atoms with Crippen molar-refractivity contribution in [3.63, 3.8) is 0 Å². The van der Waals surface area contributed by atoms with Crippen molar-refractivity contribution in [2.24, 2.45) is 0 Å². The van der Waals surface area contributed by atoms with Gasteiger partial charge in [-0.25, -0.2) is 0 Å². The summed E-state index contributed by atoms with van der Waals surface area (Å²) in [5.74, 6) is 0.571. The van der Waals surface area contributed by atoms with Gasteiger partial charge in [-0.1, -0.05) is 38.1 Å². The lowest BCUT2D eigenvalue weighted by Gasteiger charge is -2.28. The van der Waals surface area contributed by atoms with Crippen LogP contribution < -0.4 is 5.32 Å². The van der Waals surface area contributed by atoms with E-state index in [0.29, 0.717) is 5.92 Å². The maximum Gasteiger partial charge on any atom is 0.0594 e. The van der Waals surface area contributed by atoms with Crippen molar-refractivity contribution in [1.29, 1.82) is 0 Å². The Labute approximate surface area is 114 Å². The molecular weight excluding hydrogens is 232 g/mol. The van der Waals surface area contributed by atoms with Crippen LogP contribution in [-0.4, -0.2) is 11.5 Å². The van der Waals surface area contributed by atoms with E-state index in [4.69, 9.17) is 0 Å². The molecule has 98 valence electrons. The third-order valence-corrected chi connectivity index (χ3v) is 3.91. The topological polar surface area (TPSA) is 24.9 Å². The lowest BCUT2D eigenvalue weighted by atomic mass is 9.87. The average Bonchev–Trinajstić information content (AvgIpc) is 2.47. The van der Waals surface area contributed by atoms with Gasteiger partial charge in [0.2, 0.25) is 0 Å². The number of hydrogen-bond donors (Lipinski definition) is 1. The molecule has 0 saturated heterocycles. The molecule has 1 aliphatic heterocycles. The molecule has 3 rings (SSSR count). The lowest BCUT2D eigenvalue weighted by Crippen LogP contribution is -2.30. The van der Waals surface area contributed by atoms with Gasteiger partial charge in [0.25, 0.3) is 0 Å². The van der Waals surface area contributed by atoms with Crippen LogP contribution in [0.15, 0.2) is 42.7 Å². The first-order valence-corrected chi connectivity index (χ1v) is 7.01. The van der Waals surface area contributed by atoms with E-state index in [9.17, 15) is 0 Å². The van der Waals surface area contributed by atoms with Crippen molar-refractivity contribution < 1.29 is 0 Å². The van der Waals surface area contributed by atoms with Crippen molar-refractivity contribution in [3.8, 4) is 0 Å². The van der Waals surface area contributed by atoms with Crippen LogP contribution in [0.3, 0.4) is 0 Å². The first kappa shape index (κ1) is 12.4. The van der Waals surface area contributed by atoms with E-state index in [1.165, 1.54) is 22.3 Å². The molecule has 0 saturated carbocycles. The van der Waals surface area contributed by atoms with Crippen molar-refractivity contribution in [2.45, 2.75) is 32.2 Å². The Bertz CT molecular complexity index is 561. The quantitative estimate of drug-likeness (QED) is 0.885. The molecule has 1 aliphatic rings. The van der Waals surface area contributed by atoms with Gasteiger partial charge in [-0.2, -0.15) is 0 Å². The summed E-state index contributed by atoms with van der Waals surface area (Å²) in [7, 11) is 0. The minimum absolute atomic E-state index is 0.288. The average molecular weight is 252 g/mol. The number of hydrogen-bond acceptors (Lipinski definition) is 2. The van der Waals surface area contributed by atoms with Gasteiger partial charge in [0, 0.05) is 18.9 Å². The Balaban J connectivity index is 2.05. The molecule has 19 heavy (non-hydrogen) atoms. The van der Waals surface area contributed by atoms with Crippen LogP contribution >= 0.6 is 0 Å². The fourth-order valence-electron chi connectivity index (χ4n) is 2.77. The third kappa shape index (κ3) is 2.41. The predicted molar refractivity (Wildman–Crippen MR) is 78.3 cm³/mol. The van der Waals surface area contributed by atoms with Crippen LogP contribution in [0.5, 0.6) is 0 Å². The van der Waals surface area contributed by atoms with E-state index in [2.05, 4.69) is 48.4 Å². The number of nitrogens with one attached hydrogen (secondary N) is 1. The molecule has 1 aromatic heterocycles. The van der Waals surface area contributed by atoms with Gasteiger partial charge in [0.05, 0.1) is 6.04 Å². The molecule has 2 heteroatoms. The van der Waals surface area contributed by atoms with Gasteiger partial charge >= 0.3 is 0 Å². The van der Waals surface area contributed by atoms with Gasteiger partial charge in [-0.05, 0) is 40.7 Å². The summed E-state index contributed by atoms with van der Waals surface area (Å²) in [6.07, 6.45) is 4.91. The van der Waals surface area contributed by atoms with Crippen LogP contribution in [0.4, 0.5) is 0 Å². The van der Waals surface area contributed by atoms with Crippen molar-refractivity contribution in [1.82, 2.24) is 10.3 Å². The van der Waals surface area contributed by atoms with E-state index >= 15 is 0 Å². The van der Waals surface area contributed by atoms with E-state index in [1.807, 2.05) is 18.5 Å². The Morgan fingerprint density at radius 2 is 2.16 bits per heavy atom. The zero-order valence-corrected chi connectivity index (χ0v) is 11.6. The Morgan fingerprint density at radius 1 is 1.26 bits per heavy atom. The summed E-state index contributed by atoms with van der Waals surface area (Å²) in [6.45, 7) is 5.53. The normalized spacial score (nSPS) is 18.4. The smallest absolute Gasteiger partial charge is 0.0594 e. The highest BCUT2D eigenvalue weighted by Crippen LogP contribution is 2.30. The highest BCUT2D eigenvalue weighted by molar-refractivity contribution is 5.42. The van der Waals surface area contributed by atoms with Crippen LogP contribution in [-0.2, 0) is 6.42 Å². The Kier molecular flexibility index (Phi) is 3.34. The fourth-order valence-corrected chi connectivity index (χ4v) is 2.77. The molecule has 1 unspecified atom stereocenters. The molecule has 0 radical (unpaired) electrons. The van der Waals surface area contributed by atoms with Crippen LogP contribution in [0.25, 0.3) is 0 Å². The summed E-state index contributed by atoms with van der Waals surface area (Å²) in [4.78, 5) is 4.25. The first-order valence-electron chi connectivity index (χ1n) is 7.01. The molecule has 1 atom stereocenters. The number of fused-ring (bicyclic) bond motifs is 1. The standard InChI is InChI=1S/C17H20N2/c1-12(2)14-6-5-13-7-9-19-17(16(13)10-14)15-4-3-8-18-11-15/h3-6,8,10-12,17,19H,7,9H2,1-2H3. The van der Waals surface area contributed by atoms with Crippen molar-refractivity contribution in [3.05, 3.63) is 65.0 Å². The molecule has 0 spiro atoms. The van der Waals surface area contributed by atoms with Gasteiger partial charge in [-0.15, -0.1) is 0 Å². The summed E-state index contributed by atoms with van der Waals surface area (Å²) >= 11 is 0. The molecule has 2 aromatic rings. The maximum atomic E-state index is 4.25. The largest absolute Gasteiger partial charge is 0.306 e. The molecule has 0 aliphatic carbocycles. The Hall–Kier alpha value is -1.67. The summed E-state index contributed by atoms with van der Waals surface area (Å²) in [6, 6.07) is 11.4. The second-order valence-electron chi connectivity index (χ2n) is 5.54. The number of benzene rings is 1. The summed E-state index contributed by atoms with van der Waals surface area (Å²) < 4.78 is 0. The molecule has 0 fully saturated rings. The number of aromatic nitrogens is 1. The zero-order valence-electron chi connectivity index (χ0n) is 11.6. The minimum atomic E-state index is 0.288. The monoisotopic (exact) mass is 252 g/mol. The molecule has 0 bridgehead atoms.